The molecule has 2 aromatic rings. The Hall–Kier alpha value is -2.82. The highest BCUT2D eigenvalue weighted by Crippen LogP contribution is 2.27. The summed E-state index contributed by atoms with van der Waals surface area (Å²) in [6, 6.07) is 14.5. The van der Waals surface area contributed by atoms with Gasteiger partial charge in [-0.05, 0) is 55.7 Å². The predicted molar refractivity (Wildman–Crippen MR) is 93.5 cm³/mol. The summed E-state index contributed by atoms with van der Waals surface area (Å²) >= 11 is 0. The van der Waals surface area contributed by atoms with E-state index in [2.05, 4.69) is 11.4 Å². The first-order valence-corrected chi connectivity index (χ1v) is 8.12. The number of rotatable bonds is 3. The number of para-hydroxylation sites is 1. The highest BCUT2D eigenvalue weighted by molar-refractivity contribution is 6.02. The number of ether oxygens (including phenoxy) is 1. The first kappa shape index (κ1) is 16.1. The third-order valence-corrected chi connectivity index (χ3v) is 4.00. The van der Waals surface area contributed by atoms with Gasteiger partial charge in [-0.1, -0.05) is 18.2 Å². The van der Waals surface area contributed by atoms with E-state index >= 15 is 0 Å². The predicted octanol–water partition coefficient (Wildman–Crippen LogP) is 3.85. The Labute approximate surface area is 141 Å². The molecule has 0 unspecified atom stereocenters. The van der Waals surface area contributed by atoms with Gasteiger partial charge in [0.05, 0.1) is 12.2 Å². The van der Waals surface area contributed by atoms with E-state index in [1.54, 1.807) is 36.1 Å². The molecule has 0 saturated heterocycles. The van der Waals surface area contributed by atoms with Gasteiger partial charge in [-0.25, -0.2) is 9.59 Å². The maximum atomic E-state index is 12.6. The summed E-state index contributed by atoms with van der Waals surface area (Å²) in [4.78, 5) is 26.0. The minimum absolute atomic E-state index is 0.161. The number of urea groups is 1. The van der Waals surface area contributed by atoms with Crippen LogP contribution in [0.2, 0.25) is 0 Å². The van der Waals surface area contributed by atoms with Crippen molar-refractivity contribution >= 4 is 23.4 Å². The standard InChI is InChI=1S/C19H20N2O3/c1-2-24-18(22)15-9-11-16(12-10-15)20-19(23)21-13-5-7-14-6-3-4-8-17(14)21/h3-4,6,8-12H,2,5,7,13H2,1H3,(H,20,23). The molecule has 124 valence electrons. The summed E-state index contributed by atoms with van der Waals surface area (Å²) in [7, 11) is 0. The van der Waals surface area contributed by atoms with Crippen LogP contribution in [0.15, 0.2) is 48.5 Å². The second-order valence-electron chi connectivity index (χ2n) is 5.61. The van der Waals surface area contributed by atoms with Gasteiger partial charge in [-0.15, -0.1) is 0 Å². The molecule has 1 aliphatic rings. The first-order chi connectivity index (χ1) is 11.7. The lowest BCUT2D eigenvalue weighted by molar-refractivity contribution is 0.0526. The van der Waals surface area contributed by atoms with Crippen molar-refractivity contribution in [2.45, 2.75) is 19.8 Å². The number of hydrogen-bond acceptors (Lipinski definition) is 3. The molecule has 0 radical (unpaired) electrons. The molecular formula is C19H20N2O3. The van der Waals surface area contributed by atoms with Gasteiger partial charge in [-0.3, -0.25) is 4.90 Å². The van der Waals surface area contributed by atoms with Crippen LogP contribution < -0.4 is 10.2 Å². The summed E-state index contributed by atoms with van der Waals surface area (Å²) < 4.78 is 4.95. The summed E-state index contributed by atoms with van der Waals surface area (Å²) in [6.45, 7) is 2.80. The van der Waals surface area contributed by atoms with Crippen LogP contribution in [0.4, 0.5) is 16.2 Å². The van der Waals surface area contributed by atoms with Crippen LogP contribution in [0.25, 0.3) is 0 Å². The lowest BCUT2D eigenvalue weighted by Crippen LogP contribution is -2.38. The minimum Gasteiger partial charge on any atom is -0.462 e. The van der Waals surface area contributed by atoms with Gasteiger partial charge in [0.1, 0.15) is 0 Å². The maximum absolute atomic E-state index is 12.6. The van der Waals surface area contributed by atoms with E-state index in [9.17, 15) is 9.59 Å². The fraction of sp³-hybridized carbons (Fsp3) is 0.263. The van der Waals surface area contributed by atoms with E-state index in [-0.39, 0.29) is 12.0 Å². The first-order valence-electron chi connectivity index (χ1n) is 8.12. The van der Waals surface area contributed by atoms with Gasteiger partial charge in [-0.2, -0.15) is 0 Å². The van der Waals surface area contributed by atoms with Crippen LogP contribution >= 0.6 is 0 Å². The van der Waals surface area contributed by atoms with Crippen LogP contribution in [0.5, 0.6) is 0 Å². The topological polar surface area (TPSA) is 58.6 Å². The number of benzene rings is 2. The number of esters is 1. The third kappa shape index (κ3) is 3.40. The van der Waals surface area contributed by atoms with Gasteiger partial charge in [0.15, 0.2) is 0 Å². The van der Waals surface area contributed by atoms with E-state index in [0.29, 0.717) is 24.4 Å². The van der Waals surface area contributed by atoms with E-state index in [1.807, 2.05) is 18.2 Å². The zero-order valence-corrected chi connectivity index (χ0v) is 13.6. The molecule has 2 aromatic carbocycles. The molecule has 1 heterocycles. The van der Waals surface area contributed by atoms with E-state index in [4.69, 9.17) is 4.74 Å². The maximum Gasteiger partial charge on any atom is 0.338 e. The van der Waals surface area contributed by atoms with Crippen molar-refractivity contribution in [3.63, 3.8) is 0 Å². The molecule has 5 nitrogen and oxygen atoms in total. The number of fused-ring (bicyclic) bond motifs is 1. The van der Waals surface area contributed by atoms with Gasteiger partial charge < -0.3 is 10.1 Å². The molecule has 2 amide bonds. The van der Waals surface area contributed by atoms with Gasteiger partial charge in [0.25, 0.3) is 0 Å². The van der Waals surface area contributed by atoms with Crippen molar-refractivity contribution in [1.29, 1.82) is 0 Å². The van der Waals surface area contributed by atoms with Crippen LogP contribution in [-0.4, -0.2) is 25.2 Å². The highest BCUT2D eigenvalue weighted by Gasteiger charge is 2.22. The van der Waals surface area contributed by atoms with Crippen LogP contribution in [0, 0.1) is 0 Å². The molecular weight excluding hydrogens is 304 g/mol. The molecule has 0 fully saturated rings. The number of nitrogens with zero attached hydrogens (tertiary/aromatic N) is 1. The van der Waals surface area contributed by atoms with Crippen molar-refractivity contribution < 1.29 is 14.3 Å². The normalized spacial score (nSPS) is 13.1. The molecule has 3 rings (SSSR count). The molecule has 0 atom stereocenters. The molecule has 5 heteroatoms. The Morgan fingerprint density at radius 3 is 2.62 bits per heavy atom. The van der Waals surface area contributed by atoms with Gasteiger partial charge >= 0.3 is 12.0 Å². The fourth-order valence-corrected chi connectivity index (χ4v) is 2.84. The minimum atomic E-state index is -0.361. The SMILES string of the molecule is CCOC(=O)c1ccc(NC(=O)N2CCCc3ccccc32)cc1. The number of carbonyl (C=O) groups excluding carboxylic acids is 2. The average Bonchev–Trinajstić information content (AvgIpc) is 2.62. The number of anilines is 2. The smallest absolute Gasteiger partial charge is 0.338 e. The lowest BCUT2D eigenvalue weighted by atomic mass is 10.0. The lowest BCUT2D eigenvalue weighted by Gasteiger charge is -2.29. The quantitative estimate of drug-likeness (QED) is 0.873. The Bertz CT molecular complexity index is 741. The molecule has 0 saturated carbocycles. The molecule has 24 heavy (non-hydrogen) atoms. The highest BCUT2D eigenvalue weighted by atomic mass is 16.5. The zero-order chi connectivity index (χ0) is 16.9. The van der Waals surface area contributed by atoms with Crippen LogP contribution in [-0.2, 0) is 11.2 Å². The Kier molecular flexibility index (Phi) is 4.79. The van der Waals surface area contributed by atoms with E-state index in [1.165, 1.54) is 5.56 Å². The van der Waals surface area contributed by atoms with Crippen molar-refractivity contribution in [1.82, 2.24) is 0 Å². The molecule has 0 bridgehead atoms. The summed E-state index contributed by atoms with van der Waals surface area (Å²) in [5, 5.41) is 2.89. The average molecular weight is 324 g/mol. The van der Waals surface area contributed by atoms with Crippen LogP contribution in [0.1, 0.15) is 29.3 Å². The molecule has 0 aliphatic carbocycles. The largest absolute Gasteiger partial charge is 0.462 e. The zero-order valence-electron chi connectivity index (χ0n) is 13.6. The molecule has 1 N–H and O–H groups in total. The Balaban J connectivity index is 1.71. The van der Waals surface area contributed by atoms with Crippen LogP contribution in [0.3, 0.4) is 0 Å². The number of aryl methyl sites for hydroxylation is 1. The van der Waals surface area contributed by atoms with Crippen molar-refractivity contribution in [3.8, 4) is 0 Å². The van der Waals surface area contributed by atoms with Gasteiger partial charge in [0.2, 0.25) is 0 Å². The molecule has 0 spiro atoms. The molecule has 0 aromatic heterocycles. The Morgan fingerprint density at radius 1 is 1.12 bits per heavy atom. The van der Waals surface area contributed by atoms with E-state index < -0.39 is 0 Å². The summed E-state index contributed by atoms with van der Waals surface area (Å²) in [6.07, 6.45) is 1.94. The monoisotopic (exact) mass is 324 g/mol. The van der Waals surface area contributed by atoms with Crippen molar-refractivity contribution in [2.75, 3.05) is 23.4 Å². The second kappa shape index (κ2) is 7.17. The Morgan fingerprint density at radius 2 is 1.88 bits per heavy atom. The number of amides is 2. The van der Waals surface area contributed by atoms with E-state index in [0.717, 1.165) is 18.5 Å². The fourth-order valence-electron chi connectivity index (χ4n) is 2.84. The number of nitrogens with one attached hydrogen (secondary N) is 1. The summed E-state index contributed by atoms with van der Waals surface area (Å²) in [5.41, 5.74) is 3.27. The second-order valence-corrected chi connectivity index (χ2v) is 5.61. The third-order valence-electron chi connectivity index (χ3n) is 4.00. The van der Waals surface area contributed by atoms with Gasteiger partial charge in [0, 0.05) is 17.9 Å². The van der Waals surface area contributed by atoms with Crippen molar-refractivity contribution in [3.05, 3.63) is 59.7 Å². The number of hydrogen-bond donors (Lipinski definition) is 1. The summed E-state index contributed by atoms with van der Waals surface area (Å²) in [5.74, 6) is -0.361. The van der Waals surface area contributed by atoms with Crippen molar-refractivity contribution in [2.24, 2.45) is 0 Å². The molecule has 1 aliphatic heterocycles. The number of carbonyl (C=O) groups is 2.